The molecule has 1 aromatic carbocycles. The van der Waals surface area contributed by atoms with E-state index in [0.717, 1.165) is 41.0 Å². The molecule has 1 aliphatic carbocycles. The fourth-order valence-corrected chi connectivity index (χ4v) is 2.33. The predicted molar refractivity (Wildman–Crippen MR) is 61.6 cm³/mol. The zero-order valence-electron chi connectivity index (χ0n) is 9.92. The summed E-state index contributed by atoms with van der Waals surface area (Å²) in [5.74, 6) is 1.69. The van der Waals surface area contributed by atoms with Crippen LogP contribution in [0.25, 0.3) is 0 Å². The fourth-order valence-electron chi connectivity index (χ4n) is 2.33. The Bertz CT molecular complexity index is 435. The summed E-state index contributed by atoms with van der Waals surface area (Å²) in [6, 6.07) is 1.91. The second-order valence-electron chi connectivity index (χ2n) is 4.06. The molecule has 0 atom stereocenters. The topological polar surface area (TPSA) is 35.5 Å². The minimum absolute atomic E-state index is 0.213. The molecule has 0 aromatic heterocycles. The van der Waals surface area contributed by atoms with Gasteiger partial charge >= 0.3 is 0 Å². The molecule has 0 amide bonds. The predicted octanol–water partition coefficient (Wildman–Crippen LogP) is 2.53. The minimum atomic E-state index is 0.213. The van der Waals surface area contributed by atoms with Crippen LogP contribution in [0.2, 0.25) is 0 Å². The van der Waals surface area contributed by atoms with Crippen molar-refractivity contribution >= 4 is 5.78 Å². The Hall–Kier alpha value is -1.51. The Labute approximate surface area is 95.4 Å². The summed E-state index contributed by atoms with van der Waals surface area (Å²) < 4.78 is 10.7. The van der Waals surface area contributed by atoms with Crippen LogP contribution in [-0.4, -0.2) is 20.0 Å². The third-order valence-electron chi connectivity index (χ3n) is 3.06. The summed E-state index contributed by atoms with van der Waals surface area (Å²) in [6.45, 7) is 1.93. The minimum Gasteiger partial charge on any atom is -0.493 e. The lowest BCUT2D eigenvalue weighted by atomic mass is 9.88. The van der Waals surface area contributed by atoms with Gasteiger partial charge in [0.15, 0.2) is 17.3 Å². The van der Waals surface area contributed by atoms with E-state index in [0.29, 0.717) is 6.42 Å². The first-order chi connectivity index (χ1) is 7.69. The maximum absolute atomic E-state index is 11.8. The Morgan fingerprint density at radius 2 is 1.81 bits per heavy atom. The third kappa shape index (κ3) is 1.56. The number of ether oxygens (including phenoxy) is 2. The molecule has 1 aliphatic rings. The van der Waals surface area contributed by atoms with Gasteiger partial charge in [-0.05, 0) is 31.4 Å². The Kier molecular flexibility index (Phi) is 2.86. The number of Topliss-reactive ketones (excluding diaryl/α,β-unsaturated/α-hetero) is 1. The third-order valence-corrected chi connectivity index (χ3v) is 3.06. The van der Waals surface area contributed by atoms with Gasteiger partial charge in [-0.15, -0.1) is 0 Å². The molecule has 2 rings (SSSR count). The van der Waals surface area contributed by atoms with Gasteiger partial charge in [0.05, 0.1) is 14.2 Å². The highest BCUT2D eigenvalue weighted by atomic mass is 16.5. The number of carbonyl (C=O) groups excluding carboxylic acids is 1. The number of hydrogen-bond acceptors (Lipinski definition) is 3. The highest BCUT2D eigenvalue weighted by Gasteiger charge is 2.24. The van der Waals surface area contributed by atoms with Crippen molar-refractivity contribution in [1.29, 1.82) is 0 Å². The van der Waals surface area contributed by atoms with Gasteiger partial charge in [0, 0.05) is 17.5 Å². The smallest absolute Gasteiger partial charge is 0.164 e. The fraction of sp³-hybridized carbons (Fsp3) is 0.462. The molecule has 3 nitrogen and oxygen atoms in total. The lowest BCUT2D eigenvalue weighted by Crippen LogP contribution is -2.13. The Morgan fingerprint density at radius 1 is 1.12 bits per heavy atom. The highest BCUT2D eigenvalue weighted by molar-refractivity contribution is 5.99. The molecular formula is C13H16O3. The van der Waals surface area contributed by atoms with Crippen LogP contribution >= 0.6 is 0 Å². The molecule has 0 unspecified atom stereocenters. The first-order valence-corrected chi connectivity index (χ1v) is 5.46. The SMILES string of the molecule is COc1c(C)cc2c(c1OC)CCCC2=O. The maximum Gasteiger partial charge on any atom is 0.164 e. The molecule has 1 aromatic rings. The molecule has 0 N–H and O–H groups in total. The lowest BCUT2D eigenvalue weighted by molar-refractivity contribution is 0.0971. The number of methoxy groups -OCH3 is 2. The van der Waals surface area contributed by atoms with Gasteiger partial charge in [-0.25, -0.2) is 0 Å². The number of benzene rings is 1. The maximum atomic E-state index is 11.8. The molecule has 0 bridgehead atoms. The monoisotopic (exact) mass is 220 g/mol. The summed E-state index contributed by atoms with van der Waals surface area (Å²) >= 11 is 0. The van der Waals surface area contributed by atoms with Crippen LogP contribution in [0.1, 0.15) is 34.3 Å². The van der Waals surface area contributed by atoms with Crippen molar-refractivity contribution in [2.24, 2.45) is 0 Å². The first-order valence-electron chi connectivity index (χ1n) is 5.46. The molecule has 0 saturated heterocycles. The summed E-state index contributed by atoms with van der Waals surface area (Å²) in [7, 11) is 3.25. The van der Waals surface area contributed by atoms with Crippen molar-refractivity contribution < 1.29 is 14.3 Å². The zero-order valence-corrected chi connectivity index (χ0v) is 9.92. The number of carbonyl (C=O) groups is 1. The van der Waals surface area contributed by atoms with E-state index in [1.165, 1.54) is 0 Å². The van der Waals surface area contributed by atoms with Crippen molar-refractivity contribution in [2.45, 2.75) is 26.2 Å². The largest absolute Gasteiger partial charge is 0.493 e. The van der Waals surface area contributed by atoms with Gasteiger partial charge in [-0.1, -0.05) is 0 Å². The van der Waals surface area contributed by atoms with Crippen molar-refractivity contribution in [3.63, 3.8) is 0 Å². The molecule has 0 saturated carbocycles. The van der Waals surface area contributed by atoms with E-state index in [1.807, 2.05) is 13.0 Å². The zero-order chi connectivity index (χ0) is 11.7. The lowest BCUT2D eigenvalue weighted by Gasteiger charge is -2.21. The first kappa shape index (κ1) is 11.0. The number of aryl methyl sites for hydroxylation is 1. The number of rotatable bonds is 2. The molecule has 16 heavy (non-hydrogen) atoms. The van der Waals surface area contributed by atoms with Gasteiger partial charge < -0.3 is 9.47 Å². The molecule has 3 heteroatoms. The van der Waals surface area contributed by atoms with E-state index in [2.05, 4.69) is 0 Å². The van der Waals surface area contributed by atoms with E-state index in [-0.39, 0.29) is 5.78 Å². The van der Waals surface area contributed by atoms with Crippen molar-refractivity contribution in [1.82, 2.24) is 0 Å². The van der Waals surface area contributed by atoms with Crippen molar-refractivity contribution in [2.75, 3.05) is 14.2 Å². The second kappa shape index (κ2) is 4.16. The van der Waals surface area contributed by atoms with E-state index >= 15 is 0 Å². The van der Waals surface area contributed by atoms with Gasteiger partial charge in [-0.3, -0.25) is 4.79 Å². The number of ketones is 1. The van der Waals surface area contributed by atoms with Crippen molar-refractivity contribution in [3.8, 4) is 11.5 Å². The molecular weight excluding hydrogens is 204 g/mol. The van der Waals surface area contributed by atoms with E-state index in [9.17, 15) is 4.79 Å². The van der Waals surface area contributed by atoms with Crippen LogP contribution in [0.4, 0.5) is 0 Å². The molecule has 0 fully saturated rings. The van der Waals surface area contributed by atoms with Crippen LogP contribution in [-0.2, 0) is 6.42 Å². The normalized spacial score (nSPS) is 14.6. The molecule has 0 aliphatic heterocycles. The average Bonchev–Trinajstić information content (AvgIpc) is 2.28. The summed E-state index contributed by atoms with van der Waals surface area (Å²) in [4.78, 5) is 11.8. The average molecular weight is 220 g/mol. The van der Waals surface area contributed by atoms with Crippen LogP contribution in [0, 0.1) is 6.92 Å². The number of hydrogen-bond donors (Lipinski definition) is 0. The van der Waals surface area contributed by atoms with Gasteiger partial charge in [0.25, 0.3) is 0 Å². The van der Waals surface area contributed by atoms with Crippen molar-refractivity contribution in [3.05, 3.63) is 22.8 Å². The van der Waals surface area contributed by atoms with Crippen LogP contribution in [0.15, 0.2) is 6.07 Å². The summed E-state index contributed by atoms with van der Waals surface area (Å²) in [6.07, 6.45) is 2.43. The van der Waals surface area contributed by atoms with Crippen LogP contribution < -0.4 is 9.47 Å². The molecule has 0 spiro atoms. The second-order valence-corrected chi connectivity index (χ2v) is 4.06. The van der Waals surface area contributed by atoms with Gasteiger partial charge in [0.2, 0.25) is 0 Å². The van der Waals surface area contributed by atoms with Crippen LogP contribution in [0.3, 0.4) is 0 Å². The highest BCUT2D eigenvalue weighted by Crippen LogP contribution is 2.39. The summed E-state index contributed by atoms with van der Waals surface area (Å²) in [5.41, 5.74) is 2.76. The Morgan fingerprint density at radius 3 is 2.44 bits per heavy atom. The quantitative estimate of drug-likeness (QED) is 0.768. The molecule has 86 valence electrons. The van der Waals surface area contributed by atoms with E-state index in [4.69, 9.17) is 9.47 Å². The molecule has 0 heterocycles. The standard InChI is InChI=1S/C13H16O3/c1-8-7-10-9(5-4-6-11(10)14)13(16-3)12(8)15-2/h7H,4-6H2,1-3H3. The van der Waals surface area contributed by atoms with E-state index < -0.39 is 0 Å². The van der Waals surface area contributed by atoms with Crippen LogP contribution in [0.5, 0.6) is 11.5 Å². The summed E-state index contributed by atoms with van der Waals surface area (Å²) in [5, 5.41) is 0. The Balaban J connectivity index is 2.68. The van der Waals surface area contributed by atoms with Gasteiger partial charge in [-0.2, -0.15) is 0 Å². The number of fused-ring (bicyclic) bond motifs is 1. The molecule has 0 radical (unpaired) electrons. The van der Waals surface area contributed by atoms with E-state index in [1.54, 1.807) is 14.2 Å². The van der Waals surface area contributed by atoms with Gasteiger partial charge in [0.1, 0.15) is 0 Å².